The van der Waals surface area contributed by atoms with Crippen molar-refractivity contribution in [2.75, 3.05) is 5.32 Å². The fourth-order valence-electron chi connectivity index (χ4n) is 2.12. The maximum atomic E-state index is 12.2. The zero-order valence-corrected chi connectivity index (χ0v) is 15.0. The van der Waals surface area contributed by atoms with Crippen LogP contribution in [0.2, 0.25) is 0 Å². The summed E-state index contributed by atoms with van der Waals surface area (Å²) in [4.78, 5) is 24.3. The molecule has 0 aliphatic carbocycles. The number of hydrogen-bond donors (Lipinski definition) is 2. The molecule has 2 aromatic rings. The summed E-state index contributed by atoms with van der Waals surface area (Å²) in [6.45, 7) is 7.46. The topological polar surface area (TPSA) is 67.4 Å². The Balaban J connectivity index is 1.94. The van der Waals surface area contributed by atoms with Crippen LogP contribution in [-0.2, 0) is 4.79 Å². The smallest absolute Gasteiger partial charge is 0.265 e. The minimum atomic E-state index is -0.633. The van der Waals surface area contributed by atoms with E-state index in [1.807, 2.05) is 39.0 Å². The molecule has 0 heterocycles. The van der Waals surface area contributed by atoms with Crippen LogP contribution in [0.5, 0.6) is 5.75 Å². The summed E-state index contributed by atoms with van der Waals surface area (Å²) >= 11 is 0. The average Bonchev–Trinajstić information content (AvgIpc) is 2.54. The molecule has 0 aliphatic heterocycles. The molecule has 25 heavy (non-hydrogen) atoms. The molecule has 0 radical (unpaired) electrons. The molecule has 0 spiro atoms. The van der Waals surface area contributed by atoms with Gasteiger partial charge in [-0.2, -0.15) is 0 Å². The highest BCUT2D eigenvalue weighted by Crippen LogP contribution is 2.14. The molecule has 1 atom stereocenters. The van der Waals surface area contributed by atoms with Gasteiger partial charge in [0.15, 0.2) is 6.10 Å². The van der Waals surface area contributed by atoms with Gasteiger partial charge in [0.05, 0.1) is 0 Å². The zero-order chi connectivity index (χ0) is 18.4. The molecule has 0 fully saturated rings. The molecule has 0 aliphatic rings. The molecule has 2 amide bonds. The van der Waals surface area contributed by atoms with Crippen LogP contribution in [0.15, 0.2) is 54.6 Å². The molecule has 132 valence electrons. The second-order valence-corrected chi connectivity index (χ2v) is 6.84. The first-order valence-corrected chi connectivity index (χ1v) is 8.20. The van der Waals surface area contributed by atoms with E-state index in [4.69, 9.17) is 4.74 Å². The van der Waals surface area contributed by atoms with E-state index in [2.05, 4.69) is 10.6 Å². The van der Waals surface area contributed by atoms with Crippen molar-refractivity contribution >= 4 is 17.5 Å². The number of carbonyl (C=O) groups excluding carboxylic acids is 2. The lowest BCUT2D eigenvalue weighted by atomic mass is 10.1. The van der Waals surface area contributed by atoms with Crippen LogP contribution in [0, 0.1) is 0 Å². The van der Waals surface area contributed by atoms with Crippen LogP contribution in [0.4, 0.5) is 5.69 Å². The number of nitrogens with one attached hydrogen (secondary N) is 2. The molecule has 0 bridgehead atoms. The van der Waals surface area contributed by atoms with Crippen molar-refractivity contribution in [1.29, 1.82) is 0 Å². The Morgan fingerprint density at radius 1 is 0.960 bits per heavy atom. The van der Waals surface area contributed by atoms with E-state index in [0.29, 0.717) is 17.0 Å². The van der Waals surface area contributed by atoms with Crippen molar-refractivity contribution in [3.05, 3.63) is 60.2 Å². The molecule has 2 rings (SSSR count). The summed E-state index contributed by atoms with van der Waals surface area (Å²) in [5.41, 5.74) is 0.857. The first-order valence-electron chi connectivity index (χ1n) is 8.20. The van der Waals surface area contributed by atoms with E-state index in [-0.39, 0.29) is 17.4 Å². The SMILES string of the molecule is C[C@H](Oc1ccccc1)C(=O)Nc1ccc(C(=O)NC(C)(C)C)cc1. The Kier molecular flexibility index (Phi) is 5.80. The molecule has 0 saturated carbocycles. The third-order valence-corrected chi connectivity index (χ3v) is 3.33. The Bertz CT molecular complexity index is 719. The summed E-state index contributed by atoms with van der Waals surface area (Å²) in [6, 6.07) is 15.9. The summed E-state index contributed by atoms with van der Waals surface area (Å²) < 4.78 is 5.59. The number of ether oxygens (including phenoxy) is 1. The number of para-hydroxylation sites is 1. The van der Waals surface area contributed by atoms with Gasteiger partial charge >= 0.3 is 0 Å². The summed E-state index contributed by atoms with van der Waals surface area (Å²) in [7, 11) is 0. The second-order valence-electron chi connectivity index (χ2n) is 6.84. The van der Waals surface area contributed by atoms with E-state index < -0.39 is 6.10 Å². The molecule has 5 nitrogen and oxygen atoms in total. The molecule has 2 N–H and O–H groups in total. The molecule has 0 aromatic heterocycles. The molecular weight excluding hydrogens is 316 g/mol. The van der Waals surface area contributed by atoms with Crippen LogP contribution in [0.3, 0.4) is 0 Å². The number of carbonyl (C=O) groups is 2. The highest BCUT2D eigenvalue weighted by molar-refractivity contribution is 5.97. The maximum Gasteiger partial charge on any atom is 0.265 e. The summed E-state index contributed by atoms with van der Waals surface area (Å²) in [5, 5.41) is 5.68. The number of anilines is 1. The van der Waals surface area contributed by atoms with Crippen molar-refractivity contribution in [1.82, 2.24) is 5.32 Å². The Morgan fingerprint density at radius 3 is 2.12 bits per heavy atom. The molecule has 5 heteroatoms. The van der Waals surface area contributed by atoms with E-state index in [0.717, 1.165) is 0 Å². The molecule has 2 aromatic carbocycles. The first-order chi connectivity index (χ1) is 11.7. The van der Waals surface area contributed by atoms with Crippen molar-refractivity contribution in [2.45, 2.75) is 39.3 Å². The lowest BCUT2D eigenvalue weighted by Crippen LogP contribution is -2.40. The van der Waals surface area contributed by atoms with E-state index >= 15 is 0 Å². The van der Waals surface area contributed by atoms with Crippen LogP contribution >= 0.6 is 0 Å². The zero-order valence-electron chi connectivity index (χ0n) is 15.0. The van der Waals surface area contributed by atoms with Gasteiger partial charge in [0.2, 0.25) is 0 Å². The lowest BCUT2D eigenvalue weighted by Gasteiger charge is -2.20. The summed E-state index contributed by atoms with van der Waals surface area (Å²) in [5.74, 6) is 0.237. The van der Waals surface area contributed by atoms with Gasteiger partial charge in [-0.15, -0.1) is 0 Å². The minimum Gasteiger partial charge on any atom is -0.481 e. The van der Waals surface area contributed by atoms with Crippen LogP contribution in [-0.4, -0.2) is 23.5 Å². The fourth-order valence-corrected chi connectivity index (χ4v) is 2.12. The van der Waals surface area contributed by atoms with Gasteiger partial charge in [0, 0.05) is 16.8 Å². The average molecular weight is 340 g/mol. The largest absolute Gasteiger partial charge is 0.481 e. The van der Waals surface area contributed by atoms with E-state index in [1.165, 1.54) is 0 Å². The first kappa shape index (κ1) is 18.5. The van der Waals surface area contributed by atoms with Gasteiger partial charge in [-0.25, -0.2) is 0 Å². The predicted octanol–water partition coefficient (Wildman–Crippen LogP) is 3.62. The van der Waals surface area contributed by atoms with E-state index in [9.17, 15) is 9.59 Å². The Labute approximate surface area is 148 Å². The van der Waals surface area contributed by atoms with E-state index in [1.54, 1.807) is 43.3 Å². The number of hydrogen-bond acceptors (Lipinski definition) is 3. The molecule has 0 saturated heterocycles. The van der Waals surface area contributed by atoms with Crippen molar-refractivity contribution in [3.63, 3.8) is 0 Å². The molecular formula is C20H24N2O3. The standard InChI is InChI=1S/C20H24N2O3/c1-14(25-17-8-6-5-7-9-17)18(23)21-16-12-10-15(11-13-16)19(24)22-20(2,3)4/h5-14H,1-4H3,(H,21,23)(H,22,24)/t14-/m0/s1. The van der Waals surface area contributed by atoms with Crippen LogP contribution < -0.4 is 15.4 Å². The van der Waals surface area contributed by atoms with Crippen LogP contribution in [0.1, 0.15) is 38.1 Å². The van der Waals surface area contributed by atoms with Gasteiger partial charge in [-0.05, 0) is 64.1 Å². The Hall–Kier alpha value is -2.82. The second kappa shape index (κ2) is 7.83. The van der Waals surface area contributed by atoms with Crippen molar-refractivity contribution in [2.24, 2.45) is 0 Å². The van der Waals surface area contributed by atoms with Crippen LogP contribution in [0.25, 0.3) is 0 Å². The predicted molar refractivity (Wildman–Crippen MR) is 98.8 cm³/mol. The highest BCUT2D eigenvalue weighted by Gasteiger charge is 2.17. The minimum absolute atomic E-state index is 0.147. The lowest BCUT2D eigenvalue weighted by molar-refractivity contribution is -0.122. The third-order valence-electron chi connectivity index (χ3n) is 3.33. The Morgan fingerprint density at radius 2 is 1.56 bits per heavy atom. The third kappa shape index (κ3) is 5.95. The van der Waals surface area contributed by atoms with Crippen molar-refractivity contribution < 1.29 is 14.3 Å². The monoisotopic (exact) mass is 340 g/mol. The molecule has 0 unspecified atom stereocenters. The number of benzene rings is 2. The fraction of sp³-hybridized carbons (Fsp3) is 0.300. The van der Waals surface area contributed by atoms with Gasteiger partial charge in [-0.1, -0.05) is 18.2 Å². The summed E-state index contributed by atoms with van der Waals surface area (Å²) in [6.07, 6.45) is -0.633. The van der Waals surface area contributed by atoms with Gasteiger partial charge in [-0.3, -0.25) is 9.59 Å². The van der Waals surface area contributed by atoms with Gasteiger partial charge in [0.1, 0.15) is 5.75 Å². The van der Waals surface area contributed by atoms with Crippen molar-refractivity contribution in [3.8, 4) is 5.75 Å². The quantitative estimate of drug-likeness (QED) is 0.873. The number of amides is 2. The van der Waals surface area contributed by atoms with Gasteiger partial charge < -0.3 is 15.4 Å². The normalized spacial score (nSPS) is 12.2. The number of rotatable bonds is 5. The maximum absolute atomic E-state index is 12.2. The van der Waals surface area contributed by atoms with Gasteiger partial charge in [0.25, 0.3) is 11.8 Å². The highest BCUT2D eigenvalue weighted by atomic mass is 16.5.